The summed E-state index contributed by atoms with van der Waals surface area (Å²) in [5.74, 6) is -0.293. The molecule has 2 heterocycles. The third kappa shape index (κ3) is 4.36. The zero-order valence-corrected chi connectivity index (χ0v) is 16.5. The monoisotopic (exact) mass is 383 g/mol. The van der Waals surface area contributed by atoms with Gasteiger partial charge < -0.3 is 19.7 Å². The Kier molecular flexibility index (Phi) is 5.18. The second-order valence-electron chi connectivity index (χ2n) is 7.74. The number of aromatic nitrogens is 2. The summed E-state index contributed by atoms with van der Waals surface area (Å²) in [7, 11) is 0. The molecule has 3 aromatic rings. The van der Waals surface area contributed by atoms with Crippen molar-refractivity contribution in [2.45, 2.75) is 46.4 Å². The lowest BCUT2D eigenvalue weighted by atomic mass is 10.2. The van der Waals surface area contributed by atoms with Gasteiger partial charge in [0.1, 0.15) is 12.1 Å². The van der Waals surface area contributed by atoms with E-state index >= 15 is 0 Å². The summed E-state index contributed by atoms with van der Waals surface area (Å²) in [6.45, 7) is 7.79. The van der Waals surface area contributed by atoms with Gasteiger partial charge in [-0.1, -0.05) is 6.07 Å². The Morgan fingerprint density at radius 1 is 1.14 bits per heavy atom. The molecule has 1 aromatic carbocycles. The van der Waals surface area contributed by atoms with Crippen molar-refractivity contribution < 1.29 is 19.4 Å². The number of carboxylic acid groups (broad SMARTS) is 1. The number of aryl methyl sites for hydroxylation is 1. The summed E-state index contributed by atoms with van der Waals surface area (Å²) in [5, 5.41) is 13.6. The summed E-state index contributed by atoms with van der Waals surface area (Å²) in [6.07, 6.45) is 0.859. The predicted octanol–water partition coefficient (Wildman–Crippen LogP) is 4.23. The van der Waals surface area contributed by atoms with Crippen molar-refractivity contribution in [2.75, 3.05) is 5.32 Å². The molecule has 0 amide bonds. The summed E-state index contributed by atoms with van der Waals surface area (Å²) in [6, 6.07) is 11.4. The molecule has 7 nitrogen and oxygen atoms in total. The molecule has 28 heavy (non-hydrogen) atoms. The van der Waals surface area contributed by atoms with Crippen molar-refractivity contribution in [1.29, 1.82) is 0 Å². The third-order valence-electron chi connectivity index (χ3n) is 4.32. The first-order valence-corrected chi connectivity index (χ1v) is 9.09. The molecule has 0 aliphatic carbocycles. The molecule has 0 radical (unpaired) electrons. The lowest BCUT2D eigenvalue weighted by molar-refractivity contribution is -0.155. The number of nitrogens with zero attached hydrogens (tertiary/aromatic N) is 2. The Labute approximate surface area is 163 Å². The standard InChI is InChI=1S/C21H25N3O4/c1-14-5-8-17(24(14)20(26)27)12-22-16-7-6-15-9-10-23(18(15)11-16)13-19(25)28-21(2,3)4/h5-11,22H,12-13H2,1-4H3,(H,26,27). The molecule has 3 rings (SSSR count). The van der Waals surface area contributed by atoms with E-state index in [2.05, 4.69) is 5.32 Å². The van der Waals surface area contributed by atoms with E-state index in [9.17, 15) is 14.7 Å². The van der Waals surface area contributed by atoms with E-state index < -0.39 is 11.7 Å². The summed E-state index contributed by atoms with van der Waals surface area (Å²) < 4.78 is 8.51. The van der Waals surface area contributed by atoms with E-state index in [1.807, 2.05) is 55.8 Å². The number of anilines is 1. The van der Waals surface area contributed by atoms with Crippen LogP contribution in [0, 0.1) is 6.92 Å². The Bertz CT molecular complexity index is 1020. The fourth-order valence-corrected chi connectivity index (χ4v) is 3.14. The van der Waals surface area contributed by atoms with Crippen molar-refractivity contribution >= 4 is 28.7 Å². The van der Waals surface area contributed by atoms with Crippen LogP contribution >= 0.6 is 0 Å². The minimum absolute atomic E-state index is 0.130. The Balaban J connectivity index is 1.77. The van der Waals surface area contributed by atoms with Crippen molar-refractivity contribution in [3.63, 3.8) is 0 Å². The van der Waals surface area contributed by atoms with Gasteiger partial charge in [-0.2, -0.15) is 0 Å². The number of carbonyl (C=O) groups is 2. The largest absolute Gasteiger partial charge is 0.464 e. The van der Waals surface area contributed by atoms with Crippen molar-refractivity contribution in [2.24, 2.45) is 0 Å². The van der Waals surface area contributed by atoms with Crippen LogP contribution in [0.1, 0.15) is 32.2 Å². The van der Waals surface area contributed by atoms with Gasteiger partial charge in [-0.15, -0.1) is 0 Å². The lowest BCUT2D eigenvalue weighted by Gasteiger charge is -2.19. The van der Waals surface area contributed by atoms with E-state index in [1.165, 1.54) is 4.57 Å². The van der Waals surface area contributed by atoms with E-state index in [4.69, 9.17) is 4.74 Å². The zero-order valence-electron chi connectivity index (χ0n) is 16.5. The number of esters is 1. The van der Waals surface area contributed by atoms with Crippen molar-refractivity contribution in [3.05, 3.63) is 54.0 Å². The van der Waals surface area contributed by atoms with Crippen LogP contribution in [0.2, 0.25) is 0 Å². The molecular formula is C21H25N3O4. The maximum absolute atomic E-state index is 12.2. The van der Waals surface area contributed by atoms with Gasteiger partial charge in [0.25, 0.3) is 0 Å². The Hall–Kier alpha value is -3.22. The topological polar surface area (TPSA) is 85.5 Å². The molecule has 2 aromatic heterocycles. The molecule has 0 bridgehead atoms. The van der Waals surface area contributed by atoms with E-state index in [1.54, 1.807) is 19.1 Å². The van der Waals surface area contributed by atoms with Crippen LogP contribution in [0.4, 0.5) is 10.5 Å². The van der Waals surface area contributed by atoms with Crippen molar-refractivity contribution in [3.8, 4) is 0 Å². The van der Waals surface area contributed by atoms with Crippen LogP contribution in [0.3, 0.4) is 0 Å². The summed E-state index contributed by atoms with van der Waals surface area (Å²) in [4.78, 5) is 23.5. The SMILES string of the molecule is Cc1ccc(CNc2ccc3ccn(CC(=O)OC(C)(C)C)c3c2)n1C(=O)O. The fourth-order valence-electron chi connectivity index (χ4n) is 3.14. The van der Waals surface area contributed by atoms with Gasteiger partial charge in [-0.25, -0.2) is 4.79 Å². The first kappa shape index (κ1) is 19.5. The molecule has 0 aliphatic heterocycles. The van der Waals surface area contributed by atoms with Crippen LogP contribution < -0.4 is 5.32 Å². The molecule has 0 saturated carbocycles. The van der Waals surface area contributed by atoms with E-state index in [-0.39, 0.29) is 12.5 Å². The normalized spacial score (nSPS) is 11.6. The molecule has 2 N–H and O–H groups in total. The molecule has 0 saturated heterocycles. The third-order valence-corrected chi connectivity index (χ3v) is 4.32. The second kappa shape index (κ2) is 7.42. The van der Waals surface area contributed by atoms with Crippen LogP contribution in [-0.2, 0) is 22.6 Å². The molecule has 0 fully saturated rings. The highest BCUT2D eigenvalue weighted by atomic mass is 16.6. The van der Waals surface area contributed by atoms with Crippen LogP contribution in [0.15, 0.2) is 42.6 Å². The number of nitrogens with one attached hydrogen (secondary N) is 1. The number of fused-ring (bicyclic) bond motifs is 1. The van der Waals surface area contributed by atoms with Crippen LogP contribution in [0.5, 0.6) is 0 Å². The van der Waals surface area contributed by atoms with Gasteiger partial charge in [0.05, 0.1) is 12.1 Å². The number of carbonyl (C=O) groups excluding carboxylic acids is 1. The quantitative estimate of drug-likeness (QED) is 0.644. The van der Waals surface area contributed by atoms with Gasteiger partial charge in [-0.05, 0) is 63.4 Å². The first-order chi connectivity index (χ1) is 13.1. The number of rotatable bonds is 5. The molecule has 7 heteroatoms. The summed E-state index contributed by atoms with van der Waals surface area (Å²) in [5.41, 5.74) is 2.55. The smallest absolute Gasteiger partial charge is 0.416 e. The van der Waals surface area contributed by atoms with Gasteiger partial charge in [0.15, 0.2) is 0 Å². The van der Waals surface area contributed by atoms with Gasteiger partial charge in [-0.3, -0.25) is 9.36 Å². The van der Waals surface area contributed by atoms with Gasteiger partial charge >= 0.3 is 12.1 Å². The molecule has 0 atom stereocenters. The minimum atomic E-state index is -0.999. The average molecular weight is 383 g/mol. The average Bonchev–Trinajstić information content (AvgIpc) is 3.14. The minimum Gasteiger partial charge on any atom is -0.464 e. The number of ether oxygens (including phenoxy) is 1. The maximum atomic E-state index is 12.2. The Morgan fingerprint density at radius 3 is 2.57 bits per heavy atom. The number of hydrogen-bond acceptors (Lipinski definition) is 4. The van der Waals surface area contributed by atoms with Gasteiger partial charge in [0, 0.05) is 23.3 Å². The lowest BCUT2D eigenvalue weighted by Crippen LogP contribution is -2.26. The highest BCUT2D eigenvalue weighted by molar-refractivity contribution is 5.85. The molecule has 148 valence electrons. The van der Waals surface area contributed by atoms with Gasteiger partial charge in [0.2, 0.25) is 0 Å². The molecule has 0 spiro atoms. The zero-order chi connectivity index (χ0) is 20.5. The highest BCUT2D eigenvalue weighted by Gasteiger charge is 2.17. The fraction of sp³-hybridized carbons (Fsp3) is 0.333. The summed E-state index contributed by atoms with van der Waals surface area (Å²) >= 11 is 0. The van der Waals surface area contributed by atoms with Crippen molar-refractivity contribution in [1.82, 2.24) is 9.13 Å². The number of benzene rings is 1. The molecular weight excluding hydrogens is 358 g/mol. The van der Waals surface area contributed by atoms with E-state index in [0.29, 0.717) is 17.9 Å². The Morgan fingerprint density at radius 2 is 1.89 bits per heavy atom. The second-order valence-corrected chi connectivity index (χ2v) is 7.74. The van der Waals surface area contributed by atoms with Crippen LogP contribution in [-0.4, -0.2) is 31.9 Å². The highest BCUT2D eigenvalue weighted by Crippen LogP contribution is 2.22. The molecule has 0 unspecified atom stereocenters. The molecule has 0 aliphatic rings. The predicted molar refractivity (Wildman–Crippen MR) is 108 cm³/mol. The number of hydrogen-bond donors (Lipinski definition) is 2. The first-order valence-electron chi connectivity index (χ1n) is 9.09. The van der Waals surface area contributed by atoms with Crippen LogP contribution in [0.25, 0.3) is 10.9 Å². The van der Waals surface area contributed by atoms with E-state index in [0.717, 1.165) is 16.6 Å². The maximum Gasteiger partial charge on any atom is 0.416 e.